The molecule has 0 saturated heterocycles. The van der Waals surface area contributed by atoms with Gasteiger partial charge in [0.15, 0.2) is 11.4 Å². The van der Waals surface area contributed by atoms with Crippen molar-refractivity contribution in [3.05, 3.63) is 11.4 Å². The van der Waals surface area contributed by atoms with Gasteiger partial charge in [-0.15, -0.1) is 0 Å². The molecule has 0 bridgehead atoms. The summed E-state index contributed by atoms with van der Waals surface area (Å²) in [6, 6.07) is 0. The molecule has 0 radical (unpaired) electrons. The monoisotopic (exact) mass is 170 g/mol. The molecular formula is C7H10N2O3. The summed E-state index contributed by atoms with van der Waals surface area (Å²) in [6.07, 6.45) is 0. The normalized spacial score (nSPS) is 9.92. The van der Waals surface area contributed by atoms with Crippen LogP contribution < -0.4 is 0 Å². The van der Waals surface area contributed by atoms with Crippen molar-refractivity contribution in [1.82, 2.24) is 9.78 Å². The van der Waals surface area contributed by atoms with E-state index in [1.165, 1.54) is 11.8 Å². The number of hydrogen-bond donors (Lipinski definition) is 1. The van der Waals surface area contributed by atoms with Crippen LogP contribution in [0.4, 0.5) is 0 Å². The fourth-order valence-electron chi connectivity index (χ4n) is 0.972. The summed E-state index contributed by atoms with van der Waals surface area (Å²) >= 11 is 0. The maximum atomic E-state index is 11.0. The zero-order valence-electron chi connectivity index (χ0n) is 7.16. The molecule has 1 rings (SSSR count). The first-order valence-corrected chi connectivity index (χ1v) is 3.38. The number of rotatable bonds is 1. The Labute approximate surface area is 69.6 Å². The lowest BCUT2D eigenvalue weighted by molar-refractivity contribution is 0.0585. The lowest BCUT2D eigenvalue weighted by atomic mass is 10.3. The first-order chi connectivity index (χ1) is 5.57. The summed E-state index contributed by atoms with van der Waals surface area (Å²) in [7, 11) is 2.82. The number of methoxy groups -OCH3 is 1. The van der Waals surface area contributed by atoms with Crippen molar-refractivity contribution in [1.29, 1.82) is 0 Å². The summed E-state index contributed by atoms with van der Waals surface area (Å²) < 4.78 is 5.74. The number of aryl methyl sites for hydroxylation is 2. The van der Waals surface area contributed by atoms with Crippen molar-refractivity contribution in [3.8, 4) is 5.75 Å². The van der Waals surface area contributed by atoms with Crippen LogP contribution in [0.1, 0.15) is 16.2 Å². The minimum absolute atomic E-state index is 0.0787. The smallest absolute Gasteiger partial charge is 0.360 e. The third-order valence-corrected chi connectivity index (χ3v) is 1.57. The summed E-state index contributed by atoms with van der Waals surface area (Å²) in [5.41, 5.74) is 0.493. The van der Waals surface area contributed by atoms with E-state index in [0.29, 0.717) is 5.69 Å². The van der Waals surface area contributed by atoms with Crippen LogP contribution in [0.5, 0.6) is 5.75 Å². The van der Waals surface area contributed by atoms with Crippen LogP contribution in [-0.2, 0) is 11.8 Å². The molecule has 0 aromatic carbocycles. The van der Waals surface area contributed by atoms with E-state index in [1.54, 1.807) is 14.0 Å². The van der Waals surface area contributed by atoms with Crippen LogP contribution in [-0.4, -0.2) is 28.0 Å². The van der Waals surface area contributed by atoms with E-state index in [4.69, 9.17) is 0 Å². The van der Waals surface area contributed by atoms with Crippen molar-refractivity contribution in [3.63, 3.8) is 0 Å². The van der Waals surface area contributed by atoms with Gasteiger partial charge in [-0.25, -0.2) is 4.79 Å². The molecule has 0 atom stereocenters. The Morgan fingerprint density at radius 1 is 1.67 bits per heavy atom. The molecular weight excluding hydrogens is 160 g/mol. The highest BCUT2D eigenvalue weighted by Gasteiger charge is 2.19. The zero-order chi connectivity index (χ0) is 9.30. The summed E-state index contributed by atoms with van der Waals surface area (Å²) in [4.78, 5) is 11.0. The second-order valence-electron chi connectivity index (χ2n) is 2.40. The minimum Gasteiger partial charge on any atom is -0.504 e. The number of carbonyl (C=O) groups excluding carboxylic acids is 1. The highest BCUT2D eigenvalue weighted by molar-refractivity contribution is 5.90. The average Bonchev–Trinajstić information content (AvgIpc) is 2.26. The second-order valence-corrected chi connectivity index (χ2v) is 2.40. The van der Waals surface area contributed by atoms with Crippen LogP contribution >= 0.6 is 0 Å². The Morgan fingerprint density at radius 3 is 2.58 bits per heavy atom. The number of aromatic nitrogens is 2. The molecule has 0 saturated carbocycles. The molecule has 1 aromatic heterocycles. The van der Waals surface area contributed by atoms with Crippen LogP contribution in [0.3, 0.4) is 0 Å². The SMILES string of the molecule is COC(=O)c1c(O)c(C)nn1C. The van der Waals surface area contributed by atoms with Gasteiger partial charge in [0.2, 0.25) is 0 Å². The summed E-state index contributed by atoms with van der Waals surface area (Å²) in [5, 5.41) is 13.2. The van der Waals surface area contributed by atoms with Crippen molar-refractivity contribution >= 4 is 5.97 Å². The molecule has 12 heavy (non-hydrogen) atoms. The molecule has 0 spiro atoms. The molecule has 1 aromatic rings. The van der Waals surface area contributed by atoms with Crippen LogP contribution in [0.2, 0.25) is 0 Å². The van der Waals surface area contributed by atoms with E-state index in [9.17, 15) is 9.90 Å². The highest BCUT2D eigenvalue weighted by Crippen LogP contribution is 2.20. The molecule has 1 N–H and O–H groups in total. The Balaban J connectivity index is 3.22. The standard InChI is InChI=1S/C7H10N2O3/c1-4-6(10)5(7(11)12-3)9(2)8-4/h10H,1-3H3. The number of aromatic hydroxyl groups is 1. The quantitative estimate of drug-likeness (QED) is 0.612. The lowest BCUT2D eigenvalue weighted by Gasteiger charge is -1.98. The lowest BCUT2D eigenvalue weighted by Crippen LogP contribution is -2.08. The first kappa shape index (κ1) is 8.58. The molecule has 0 aliphatic rings. The van der Waals surface area contributed by atoms with E-state index in [-0.39, 0.29) is 11.4 Å². The van der Waals surface area contributed by atoms with E-state index in [1.807, 2.05) is 0 Å². The fourth-order valence-corrected chi connectivity index (χ4v) is 0.972. The second kappa shape index (κ2) is 2.84. The van der Waals surface area contributed by atoms with Gasteiger partial charge in [0.1, 0.15) is 5.69 Å². The van der Waals surface area contributed by atoms with Crippen LogP contribution in [0.25, 0.3) is 0 Å². The van der Waals surface area contributed by atoms with Crippen molar-refractivity contribution in [2.75, 3.05) is 7.11 Å². The molecule has 0 fully saturated rings. The fraction of sp³-hybridized carbons (Fsp3) is 0.429. The topological polar surface area (TPSA) is 64.3 Å². The number of hydrogen-bond acceptors (Lipinski definition) is 4. The largest absolute Gasteiger partial charge is 0.504 e. The third-order valence-electron chi connectivity index (χ3n) is 1.57. The number of ether oxygens (including phenoxy) is 1. The summed E-state index contributed by atoms with van der Waals surface area (Å²) in [6.45, 7) is 1.61. The van der Waals surface area contributed by atoms with Gasteiger partial charge in [-0.05, 0) is 6.92 Å². The van der Waals surface area contributed by atoms with Gasteiger partial charge in [-0.3, -0.25) is 4.68 Å². The minimum atomic E-state index is -0.587. The van der Waals surface area contributed by atoms with Crippen LogP contribution in [0.15, 0.2) is 0 Å². The summed E-state index contributed by atoms with van der Waals surface area (Å²) in [5.74, 6) is -0.708. The van der Waals surface area contributed by atoms with E-state index < -0.39 is 5.97 Å². The molecule has 0 amide bonds. The zero-order valence-corrected chi connectivity index (χ0v) is 7.16. The number of esters is 1. The maximum Gasteiger partial charge on any atom is 0.360 e. The van der Waals surface area contributed by atoms with Crippen LogP contribution in [0, 0.1) is 6.92 Å². The molecule has 66 valence electrons. The maximum absolute atomic E-state index is 11.0. The van der Waals surface area contributed by atoms with Crippen molar-refractivity contribution in [2.24, 2.45) is 7.05 Å². The van der Waals surface area contributed by atoms with E-state index in [2.05, 4.69) is 9.84 Å². The Bertz CT molecular complexity index is 317. The predicted octanol–water partition coefficient (Wildman–Crippen LogP) is 0.221. The molecule has 1 heterocycles. The van der Waals surface area contributed by atoms with Crippen molar-refractivity contribution in [2.45, 2.75) is 6.92 Å². The molecule has 0 aliphatic heterocycles. The Hall–Kier alpha value is -1.52. The average molecular weight is 170 g/mol. The number of nitrogens with zero attached hydrogens (tertiary/aromatic N) is 2. The van der Waals surface area contributed by atoms with E-state index in [0.717, 1.165) is 0 Å². The van der Waals surface area contributed by atoms with Gasteiger partial charge < -0.3 is 9.84 Å². The molecule has 5 heteroatoms. The van der Waals surface area contributed by atoms with Crippen molar-refractivity contribution < 1.29 is 14.6 Å². The first-order valence-electron chi connectivity index (χ1n) is 3.38. The predicted molar refractivity (Wildman–Crippen MR) is 40.9 cm³/mol. The molecule has 0 unspecified atom stereocenters. The molecule has 0 aliphatic carbocycles. The van der Waals surface area contributed by atoms with Gasteiger partial charge in [0.25, 0.3) is 0 Å². The molecule has 5 nitrogen and oxygen atoms in total. The van der Waals surface area contributed by atoms with Gasteiger partial charge >= 0.3 is 5.97 Å². The van der Waals surface area contributed by atoms with Gasteiger partial charge in [-0.1, -0.05) is 0 Å². The van der Waals surface area contributed by atoms with E-state index >= 15 is 0 Å². The Kier molecular flexibility index (Phi) is 2.03. The Morgan fingerprint density at radius 2 is 2.25 bits per heavy atom. The third kappa shape index (κ3) is 1.13. The number of carbonyl (C=O) groups is 1. The highest BCUT2D eigenvalue weighted by atomic mass is 16.5. The van der Waals surface area contributed by atoms with Gasteiger partial charge in [0, 0.05) is 7.05 Å². The van der Waals surface area contributed by atoms with Gasteiger partial charge in [0.05, 0.1) is 7.11 Å². The van der Waals surface area contributed by atoms with Gasteiger partial charge in [-0.2, -0.15) is 5.10 Å².